The fourth-order valence-corrected chi connectivity index (χ4v) is 3.65. The van der Waals surface area contributed by atoms with Crippen LogP contribution in [0.3, 0.4) is 0 Å². The third kappa shape index (κ3) is 4.57. The molecule has 0 aromatic heterocycles. The molecule has 0 amide bonds. The smallest absolute Gasteiger partial charge is 0.327 e. The van der Waals surface area contributed by atoms with Crippen molar-refractivity contribution in [3.05, 3.63) is 59.7 Å². The Labute approximate surface area is 151 Å². The van der Waals surface area contributed by atoms with Gasteiger partial charge in [0.25, 0.3) is 10.0 Å². The van der Waals surface area contributed by atoms with Gasteiger partial charge in [0, 0.05) is 6.07 Å². The highest BCUT2D eigenvalue weighted by atomic mass is 32.2. The molecule has 2 rings (SSSR count). The zero-order chi connectivity index (χ0) is 19.5. The lowest BCUT2D eigenvalue weighted by atomic mass is 10.2. The molecule has 0 saturated carbocycles. The molecule has 0 fully saturated rings. The van der Waals surface area contributed by atoms with Crippen LogP contribution in [0.2, 0.25) is 0 Å². The first-order chi connectivity index (χ1) is 12.1. The summed E-state index contributed by atoms with van der Waals surface area (Å²) < 4.78 is 58.9. The third-order valence-corrected chi connectivity index (χ3v) is 5.20. The van der Waals surface area contributed by atoms with Crippen molar-refractivity contribution in [3.8, 4) is 0 Å². The van der Waals surface area contributed by atoms with Gasteiger partial charge in [0.2, 0.25) is 0 Å². The van der Waals surface area contributed by atoms with E-state index >= 15 is 0 Å². The van der Waals surface area contributed by atoms with Crippen LogP contribution in [0, 0.1) is 18.6 Å². The standard InChI is InChI=1S/C18H19F2NO4S/c1-12(2)25-18(22)11-21(17-9-6-14(19)10-16(17)20)26(23,24)15-7-4-13(3)5-8-15/h4-10,12H,11H2,1-3H3. The minimum absolute atomic E-state index is 0.121. The number of ether oxygens (including phenoxy) is 1. The van der Waals surface area contributed by atoms with Gasteiger partial charge in [-0.2, -0.15) is 0 Å². The van der Waals surface area contributed by atoms with Gasteiger partial charge in [0.1, 0.15) is 18.2 Å². The number of sulfonamides is 1. The summed E-state index contributed by atoms with van der Waals surface area (Å²) in [6, 6.07) is 8.32. The van der Waals surface area contributed by atoms with E-state index in [1.807, 2.05) is 0 Å². The quantitative estimate of drug-likeness (QED) is 0.717. The number of rotatable bonds is 6. The molecule has 0 unspecified atom stereocenters. The molecule has 0 bridgehead atoms. The van der Waals surface area contributed by atoms with Gasteiger partial charge < -0.3 is 4.74 Å². The molecule has 0 heterocycles. The van der Waals surface area contributed by atoms with Crippen LogP contribution in [-0.4, -0.2) is 27.0 Å². The third-order valence-electron chi connectivity index (χ3n) is 3.43. The van der Waals surface area contributed by atoms with Crippen LogP contribution in [-0.2, 0) is 19.6 Å². The molecule has 0 aliphatic rings. The Kier molecular flexibility index (Phi) is 5.97. The number of hydrogen-bond acceptors (Lipinski definition) is 4. The molecule has 8 heteroatoms. The highest BCUT2D eigenvalue weighted by Gasteiger charge is 2.30. The SMILES string of the molecule is Cc1ccc(S(=O)(=O)N(CC(=O)OC(C)C)c2ccc(F)cc2F)cc1. The van der Waals surface area contributed by atoms with Crippen molar-refractivity contribution in [2.75, 3.05) is 10.8 Å². The van der Waals surface area contributed by atoms with Gasteiger partial charge in [-0.15, -0.1) is 0 Å². The molecular weight excluding hydrogens is 364 g/mol. The molecule has 0 radical (unpaired) electrons. The normalized spacial score (nSPS) is 11.5. The number of carbonyl (C=O) groups is 1. The first kappa shape index (κ1) is 19.8. The molecule has 0 aliphatic carbocycles. The first-order valence-corrected chi connectivity index (χ1v) is 9.29. The molecule has 0 atom stereocenters. The Balaban J connectivity index is 2.52. The lowest BCUT2D eigenvalue weighted by molar-refractivity contribution is -0.145. The Morgan fingerprint density at radius 1 is 1.12 bits per heavy atom. The number of anilines is 1. The van der Waals surface area contributed by atoms with Crippen molar-refractivity contribution >= 4 is 21.7 Å². The average Bonchev–Trinajstić information content (AvgIpc) is 2.53. The summed E-state index contributed by atoms with van der Waals surface area (Å²) in [5, 5.41) is 0. The van der Waals surface area contributed by atoms with Crippen LogP contribution in [0.5, 0.6) is 0 Å². The Morgan fingerprint density at radius 2 is 1.73 bits per heavy atom. The van der Waals surface area contributed by atoms with Gasteiger partial charge in [-0.25, -0.2) is 17.2 Å². The number of halogens is 2. The lowest BCUT2D eigenvalue weighted by Crippen LogP contribution is -2.37. The molecule has 0 N–H and O–H groups in total. The van der Waals surface area contributed by atoms with E-state index in [4.69, 9.17) is 4.74 Å². The van der Waals surface area contributed by atoms with Gasteiger partial charge >= 0.3 is 5.97 Å². The van der Waals surface area contributed by atoms with Crippen LogP contribution < -0.4 is 4.31 Å². The predicted octanol–water partition coefficient (Wildman–Crippen LogP) is 3.42. The van der Waals surface area contributed by atoms with Crippen molar-refractivity contribution in [3.63, 3.8) is 0 Å². The van der Waals surface area contributed by atoms with Gasteiger partial charge in [-0.3, -0.25) is 9.10 Å². The molecule has 26 heavy (non-hydrogen) atoms. The zero-order valence-corrected chi connectivity index (χ0v) is 15.4. The van der Waals surface area contributed by atoms with Crippen LogP contribution in [0.4, 0.5) is 14.5 Å². The van der Waals surface area contributed by atoms with E-state index in [0.717, 1.165) is 17.7 Å². The molecule has 2 aromatic carbocycles. The highest BCUT2D eigenvalue weighted by Crippen LogP contribution is 2.27. The molecule has 140 valence electrons. The van der Waals surface area contributed by atoms with E-state index in [1.54, 1.807) is 32.9 Å². The minimum Gasteiger partial charge on any atom is -0.462 e. The zero-order valence-electron chi connectivity index (χ0n) is 14.6. The highest BCUT2D eigenvalue weighted by molar-refractivity contribution is 7.92. The van der Waals surface area contributed by atoms with Crippen LogP contribution in [0.15, 0.2) is 47.4 Å². The molecule has 5 nitrogen and oxygen atoms in total. The number of carbonyl (C=O) groups excluding carboxylic acids is 1. The summed E-state index contributed by atoms with van der Waals surface area (Å²) in [7, 11) is -4.27. The van der Waals surface area contributed by atoms with Crippen molar-refractivity contribution in [1.82, 2.24) is 0 Å². The first-order valence-electron chi connectivity index (χ1n) is 7.85. The van der Waals surface area contributed by atoms with E-state index in [0.29, 0.717) is 10.4 Å². The van der Waals surface area contributed by atoms with Crippen LogP contribution in [0.25, 0.3) is 0 Å². The Bertz CT molecular complexity index is 896. The van der Waals surface area contributed by atoms with Crippen molar-refractivity contribution in [2.24, 2.45) is 0 Å². The maximum absolute atomic E-state index is 14.2. The molecule has 2 aromatic rings. The number of nitrogens with zero attached hydrogens (tertiary/aromatic N) is 1. The maximum atomic E-state index is 14.2. The lowest BCUT2D eigenvalue weighted by Gasteiger charge is -2.24. The summed E-state index contributed by atoms with van der Waals surface area (Å²) in [6.07, 6.45) is -0.468. The summed E-state index contributed by atoms with van der Waals surface area (Å²) >= 11 is 0. The summed E-state index contributed by atoms with van der Waals surface area (Å²) in [5.41, 5.74) is 0.398. The average molecular weight is 383 g/mol. The summed E-state index contributed by atoms with van der Waals surface area (Å²) in [6.45, 7) is 4.26. The van der Waals surface area contributed by atoms with Gasteiger partial charge in [0.15, 0.2) is 0 Å². The van der Waals surface area contributed by atoms with E-state index < -0.39 is 46.0 Å². The van der Waals surface area contributed by atoms with E-state index in [9.17, 15) is 22.0 Å². The minimum atomic E-state index is -4.27. The fourth-order valence-electron chi connectivity index (χ4n) is 2.24. The fraction of sp³-hybridized carbons (Fsp3) is 0.278. The molecule has 0 aliphatic heterocycles. The van der Waals surface area contributed by atoms with Crippen molar-refractivity contribution < 1.29 is 26.7 Å². The van der Waals surface area contributed by atoms with E-state index in [1.165, 1.54) is 12.1 Å². The Morgan fingerprint density at radius 3 is 2.27 bits per heavy atom. The van der Waals surface area contributed by atoms with Gasteiger partial charge in [-0.05, 0) is 45.0 Å². The number of aryl methyl sites for hydroxylation is 1. The molecule has 0 spiro atoms. The second-order valence-corrected chi connectivity index (χ2v) is 7.82. The number of hydrogen-bond donors (Lipinski definition) is 0. The van der Waals surface area contributed by atoms with Crippen LogP contribution >= 0.6 is 0 Å². The Hall–Kier alpha value is -2.48. The monoisotopic (exact) mass is 383 g/mol. The van der Waals surface area contributed by atoms with Crippen molar-refractivity contribution in [1.29, 1.82) is 0 Å². The second-order valence-electron chi connectivity index (χ2n) is 5.96. The number of esters is 1. The van der Waals surface area contributed by atoms with Gasteiger partial charge in [-0.1, -0.05) is 17.7 Å². The maximum Gasteiger partial charge on any atom is 0.327 e. The molecule has 0 saturated heterocycles. The number of benzene rings is 2. The van der Waals surface area contributed by atoms with Crippen molar-refractivity contribution in [2.45, 2.75) is 31.8 Å². The largest absolute Gasteiger partial charge is 0.462 e. The van der Waals surface area contributed by atoms with E-state index in [2.05, 4.69) is 0 Å². The van der Waals surface area contributed by atoms with Crippen LogP contribution in [0.1, 0.15) is 19.4 Å². The molecular formula is C18H19F2NO4S. The topological polar surface area (TPSA) is 63.7 Å². The summed E-state index contributed by atoms with van der Waals surface area (Å²) in [5.74, 6) is -2.80. The van der Waals surface area contributed by atoms with Gasteiger partial charge in [0.05, 0.1) is 16.7 Å². The summed E-state index contributed by atoms with van der Waals surface area (Å²) in [4.78, 5) is 11.9. The second kappa shape index (κ2) is 7.82. The predicted molar refractivity (Wildman–Crippen MR) is 93.3 cm³/mol. The van der Waals surface area contributed by atoms with E-state index in [-0.39, 0.29) is 4.90 Å².